The zero-order valence-corrected chi connectivity index (χ0v) is 18.7. The molecule has 0 aromatic carbocycles. The fourth-order valence-corrected chi connectivity index (χ4v) is 5.07. The Morgan fingerprint density at radius 2 is 1.56 bits per heavy atom. The average Bonchev–Trinajstić information content (AvgIpc) is 2.60. The van der Waals surface area contributed by atoms with Gasteiger partial charge in [0.15, 0.2) is 0 Å². The molecule has 0 aromatic rings. The molecule has 0 bridgehead atoms. The van der Waals surface area contributed by atoms with E-state index in [1.807, 2.05) is 0 Å². The molecule has 3 fully saturated rings. The summed E-state index contributed by atoms with van der Waals surface area (Å²) in [6.45, 7) is 7.77. The summed E-state index contributed by atoms with van der Waals surface area (Å²) in [5, 5.41) is 3.28. The molecule has 3 aliphatic rings. The van der Waals surface area contributed by atoms with Crippen LogP contribution >= 0.6 is 24.8 Å². The van der Waals surface area contributed by atoms with Gasteiger partial charge in [0, 0.05) is 25.2 Å². The molecule has 3 N–H and O–H groups in total. The molecule has 0 aromatic heterocycles. The van der Waals surface area contributed by atoms with Crippen LogP contribution in [0.2, 0.25) is 0 Å². The second-order valence-electron chi connectivity index (χ2n) is 9.21. The number of nitrogens with zero attached hydrogens (tertiary/aromatic N) is 1. The highest BCUT2D eigenvalue weighted by molar-refractivity contribution is 5.86. The van der Waals surface area contributed by atoms with Gasteiger partial charge in [0.05, 0.1) is 17.7 Å². The van der Waals surface area contributed by atoms with Crippen LogP contribution in [-0.4, -0.2) is 53.7 Å². The highest BCUT2D eigenvalue weighted by Crippen LogP contribution is 2.36. The molecule has 5 nitrogen and oxygen atoms in total. The maximum atomic E-state index is 12.8. The predicted molar refractivity (Wildman–Crippen MR) is 115 cm³/mol. The topological polar surface area (TPSA) is 67.6 Å². The first-order valence-corrected chi connectivity index (χ1v) is 10.3. The molecule has 3 rings (SSSR count). The summed E-state index contributed by atoms with van der Waals surface area (Å²) < 4.78 is 5.92. The van der Waals surface area contributed by atoms with E-state index < -0.39 is 5.54 Å². The van der Waals surface area contributed by atoms with Crippen LogP contribution in [-0.2, 0) is 9.53 Å². The molecule has 160 valence electrons. The molecular weight excluding hydrogens is 385 g/mol. The first-order valence-electron chi connectivity index (χ1n) is 10.3. The maximum absolute atomic E-state index is 12.8. The summed E-state index contributed by atoms with van der Waals surface area (Å²) >= 11 is 0. The van der Waals surface area contributed by atoms with Gasteiger partial charge in [-0.15, -0.1) is 24.8 Å². The number of amides is 1. The molecule has 1 saturated heterocycles. The molecule has 1 amide bonds. The molecular formula is C20H39Cl2N3O2. The van der Waals surface area contributed by atoms with Gasteiger partial charge in [0.25, 0.3) is 0 Å². The van der Waals surface area contributed by atoms with Gasteiger partial charge in [-0.2, -0.15) is 0 Å². The summed E-state index contributed by atoms with van der Waals surface area (Å²) in [5.41, 5.74) is 5.77. The fourth-order valence-electron chi connectivity index (χ4n) is 5.07. The van der Waals surface area contributed by atoms with Gasteiger partial charge >= 0.3 is 0 Å². The quantitative estimate of drug-likeness (QED) is 0.726. The summed E-state index contributed by atoms with van der Waals surface area (Å²) in [7, 11) is 0. The minimum Gasteiger partial charge on any atom is -0.373 e. The summed E-state index contributed by atoms with van der Waals surface area (Å²) in [4.78, 5) is 15.4. The minimum atomic E-state index is -0.640. The molecule has 2 saturated carbocycles. The molecule has 7 heteroatoms. The van der Waals surface area contributed by atoms with Crippen LogP contribution in [0.25, 0.3) is 0 Å². The molecule has 0 atom stereocenters. The van der Waals surface area contributed by atoms with E-state index in [1.54, 1.807) is 0 Å². The van der Waals surface area contributed by atoms with Crippen molar-refractivity contribution >= 4 is 30.7 Å². The number of halogens is 2. The zero-order valence-electron chi connectivity index (χ0n) is 17.1. The Morgan fingerprint density at radius 1 is 1.00 bits per heavy atom. The third kappa shape index (κ3) is 5.96. The standard InChI is InChI=1S/C20H37N3O2.2ClH/c1-18(2)16-23(13-14-25-18)19(9-5-3-6-10-19)15-22-17(24)20(21)11-7-4-8-12-20;;/h3-16,21H2,1-2H3,(H,22,24);2*1H. The number of rotatable bonds is 4. The second kappa shape index (κ2) is 10.1. The zero-order chi connectivity index (χ0) is 18.0. The second-order valence-corrected chi connectivity index (χ2v) is 9.21. The number of nitrogens with two attached hydrogens (primary N) is 1. The smallest absolute Gasteiger partial charge is 0.240 e. The van der Waals surface area contributed by atoms with Crippen LogP contribution in [0, 0.1) is 0 Å². The van der Waals surface area contributed by atoms with E-state index in [2.05, 4.69) is 24.1 Å². The van der Waals surface area contributed by atoms with E-state index in [9.17, 15) is 4.79 Å². The fraction of sp³-hybridized carbons (Fsp3) is 0.950. The maximum Gasteiger partial charge on any atom is 0.240 e. The highest BCUT2D eigenvalue weighted by atomic mass is 35.5. The Bertz CT molecular complexity index is 476. The predicted octanol–water partition coefficient (Wildman–Crippen LogP) is 3.42. The van der Waals surface area contributed by atoms with Crippen molar-refractivity contribution in [3.05, 3.63) is 0 Å². The van der Waals surface area contributed by atoms with Gasteiger partial charge in [-0.1, -0.05) is 38.5 Å². The van der Waals surface area contributed by atoms with Crippen molar-refractivity contribution in [1.29, 1.82) is 0 Å². The molecule has 27 heavy (non-hydrogen) atoms. The molecule has 0 unspecified atom stereocenters. The van der Waals surface area contributed by atoms with E-state index >= 15 is 0 Å². The van der Waals surface area contributed by atoms with Gasteiger partial charge in [0.1, 0.15) is 0 Å². The average molecular weight is 424 g/mol. The Hall–Kier alpha value is -0.0700. The van der Waals surface area contributed by atoms with Crippen molar-refractivity contribution in [3.8, 4) is 0 Å². The lowest BCUT2D eigenvalue weighted by Gasteiger charge is -2.52. The van der Waals surface area contributed by atoms with E-state index in [-0.39, 0.29) is 41.9 Å². The SMILES string of the molecule is CC1(C)CN(C2(CNC(=O)C3(N)CCCCC3)CCCCC2)CCO1.Cl.Cl. The summed E-state index contributed by atoms with van der Waals surface area (Å²) in [5.74, 6) is 0.0738. The summed E-state index contributed by atoms with van der Waals surface area (Å²) in [6, 6.07) is 0. The van der Waals surface area contributed by atoms with Crippen LogP contribution < -0.4 is 11.1 Å². The number of carbonyl (C=O) groups excluding carboxylic acids is 1. The highest BCUT2D eigenvalue weighted by Gasteiger charge is 2.43. The normalized spacial score (nSPS) is 26.9. The number of morpholine rings is 1. The summed E-state index contributed by atoms with van der Waals surface area (Å²) in [6.07, 6.45) is 11.2. The van der Waals surface area contributed by atoms with Gasteiger partial charge < -0.3 is 15.8 Å². The number of hydrogen-bond donors (Lipinski definition) is 2. The van der Waals surface area contributed by atoms with Gasteiger partial charge in [-0.3, -0.25) is 9.69 Å². The lowest BCUT2D eigenvalue weighted by molar-refractivity contribution is -0.133. The largest absolute Gasteiger partial charge is 0.373 e. The first-order chi connectivity index (χ1) is 11.9. The first kappa shape index (κ1) is 25.0. The molecule has 2 aliphatic carbocycles. The van der Waals surface area contributed by atoms with Gasteiger partial charge in [-0.25, -0.2) is 0 Å². The van der Waals surface area contributed by atoms with Gasteiger partial charge in [-0.05, 0) is 39.5 Å². The third-order valence-electron chi connectivity index (χ3n) is 6.66. The van der Waals surface area contributed by atoms with Crippen molar-refractivity contribution in [2.45, 2.75) is 94.7 Å². The Morgan fingerprint density at radius 3 is 2.11 bits per heavy atom. The molecule has 0 radical (unpaired) electrons. The number of carbonyl (C=O) groups is 1. The van der Waals surface area contributed by atoms with Crippen LogP contribution in [0.15, 0.2) is 0 Å². The molecule has 1 aliphatic heterocycles. The van der Waals surface area contributed by atoms with Crippen molar-refractivity contribution in [2.75, 3.05) is 26.2 Å². The third-order valence-corrected chi connectivity index (χ3v) is 6.66. The van der Waals surface area contributed by atoms with E-state index in [0.29, 0.717) is 0 Å². The van der Waals surface area contributed by atoms with Crippen molar-refractivity contribution in [3.63, 3.8) is 0 Å². The Kier molecular flexibility index (Phi) is 9.35. The van der Waals surface area contributed by atoms with Crippen LogP contribution in [0.5, 0.6) is 0 Å². The Labute approximate surface area is 177 Å². The van der Waals surface area contributed by atoms with E-state index in [0.717, 1.165) is 51.9 Å². The van der Waals surface area contributed by atoms with Crippen LogP contribution in [0.4, 0.5) is 0 Å². The minimum absolute atomic E-state index is 0. The monoisotopic (exact) mass is 423 g/mol. The number of hydrogen-bond acceptors (Lipinski definition) is 4. The lowest BCUT2D eigenvalue weighted by atomic mass is 9.78. The van der Waals surface area contributed by atoms with E-state index in [4.69, 9.17) is 10.5 Å². The van der Waals surface area contributed by atoms with E-state index in [1.165, 1.54) is 38.5 Å². The van der Waals surface area contributed by atoms with Crippen LogP contribution in [0.3, 0.4) is 0 Å². The van der Waals surface area contributed by atoms with Crippen LogP contribution in [0.1, 0.15) is 78.1 Å². The lowest BCUT2D eigenvalue weighted by Crippen LogP contribution is -2.65. The Balaban J connectivity index is 0.00000182. The molecule has 1 heterocycles. The molecule has 0 spiro atoms. The van der Waals surface area contributed by atoms with Gasteiger partial charge in [0.2, 0.25) is 5.91 Å². The van der Waals surface area contributed by atoms with Crippen molar-refractivity contribution in [1.82, 2.24) is 10.2 Å². The number of ether oxygens (including phenoxy) is 1. The van der Waals surface area contributed by atoms with Crippen molar-refractivity contribution < 1.29 is 9.53 Å². The number of nitrogens with one attached hydrogen (secondary N) is 1. The van der Waals surface area contributed by atoms with Crippen molar-refractivity contribution in [2.24, 2.45) is 5.73 Å².